The lowest BCUT2D eigenvalue weighted by molar-refractivity contribution is 0.343. The Morgan fingerprint density at radius 2 is 2.00 bits per heavy atom. The fraction of sp³-hybridized carbons (Fsp3) is 0.188. The maximum atomic E-state index is 5.60. The van der Waals surface area contributed by atoms with Gasteiger partial charge in [-0.1, -0.05) is 6.07 Å². The molecule has 0 bridgehead atoms. The fourth-order valence-corrected chi connectivity index (χ4v) is 2.25. The molecule has 0 aliphatic carbocycles. The second-order valence-electron chi connectivity index (χ2n) is 4.61. The molecule has 0 N–H and O–H groups in total. The third-order valence-corrected chi connectivity index (χ3v) is 3.33. The number of nitrogens with zero attached hydrogens (tertiary/aromatic N) is 2. The Kier molecular flexibility index (Phi) is 3.61. The normalized spacial score (nSPS) is 10.9. The van der Waals surface area contributed by atoms with E-state index in [4.69, 9.17) is 16.3 Å². The maximum Gasteiger partial charge on any atom is 0.140 e. The van der Waals surface area contributed by atoms with Crippen molar-refractivity contribution in [3.8, 4) is 17.0 Å². The highest BCUT2D eigenvalue weighted by atomic mass is 35.5. The van der Waals surface area contributed by atoms with Crippen LogP contribution in [0.1, 0.15) is 5.56 Å². The first-order valence-corrected chi connectivity index (χ1v) is 7.05. The van der Waals surface area contributed by atoms with Crippen molar-refractivity contribution >= 4 is 17.2 Å². The van der Waals surface area contributed by atoms with Crippen LogP contribution in [0.15, 0.2) is 48.8 Å². The second kappa shape index (κ2) is 5.55. The topological polar surface area (TPSA) is 26.5 Å². The number of rotatable bonds is 4. The molecule has 0 saturated heterocycles. The Bertz CT molecular complexity index is 719. The molecular weight excluding hydrogens is 272 g/mol. The lowest BCUT2D eigenvalue weighted by Crippen LogP contribution is -1.97. The highest BCUT2D eigenvalue weighted by Gasteiger charge is 2.06. The zero-order valence-electron chi connectivity index (χ0n) is 11.2. The quantitative estimate of drug-likeness (QED) is 0.680. The predicted octanol–water partition coefficient (Wildman–Crippen LogP) is 3.93. The predicted molar refractivity (Wildman–Crippen MR) is 81.6 cm³/mol. The zero-order valence-corrected chi connectivity index (χ0v) is 12.0. The molecule has 3 nitrogen and oxygen atoms in total. The van der Waals surface area contributed by atoms with Gasteiger partial charge in [0.1, 0.15) is 18.0 Å². The summed E-state index contributed by atoms with van der Waals surface area (Å²) in [5.74, 6) is 1.32. The van der Waals surface area contributed by atoms with Crippen molar-refractivity contribution in [2.24, 2.45) is 0 Å². The highest BCUT2D eigenvalue weighted by Crippen LogP contribution is 2.23. The minimum atomic E-state index is 0.494. The van der Waals surface area contributed by atoms with Crippen LogP contribution in [-0.4, -0.2) is 21.9 Å². The van der Waals surface area contributed by atoms with E-state index in [1.54, 1.807) is 0 Å². The molecular formula is C16H15ClN2O. The molecule has 2 heterocycles. The van der Waals surface area contributed by atoms with E-state index in [0.29, 0.717) is 12.5 Å². The van der Waals surface area contributed by atoms with Crippen LogP contribution in [0.4, 0.5) is 0 Å². The zero-order chi connectivity index (χ0) is 13.9. The number of hydrogen-bond donors (Lipinski definition) is 0. The molecule has 0 saturated carbocycles. The van der Waals surface area contributed by atoms with E-state index < -0.39 is 0 Å². The summed E-state index contributed by atoms with van der Waals surface area (Å²) in [4.78, 5) is 4.68. The first kappa shape index (κ1) is 13.0. The van der Waals surface area contributed by atoms with Gasteiger partial charge < -0.3 is 9.14 Å². The fourth-order valence-electron chi connectivity index (χ4n) is 2.17. The average Bonchev–Trinajstić information content (AvgIpc) is 2.91. The van der Waals surface area contributed by atoms with Gasteiger partial charge in [0.15, 0.2) is 0 Å². The van der Waals surface area contributed by atoms with E-state index in [9.17, 15) is 0 Å². The molecule has 3 rings (SSSR count). The van der Waals surface area contributed by atoms with Crippen molar-refractivity contribution in [1.29, 1.82) is 0 Å². The summed E-state index contributed by atoms with van der Waals surface area (Å²) in [7, 11) is 0. The van der Waals surface area contributed by atoms with E-state index in [1.165, 1.54) is 5.56 Å². The summed E-state index contributed by atoms with van der Waals surface area (Å²) in [5.41, 5.74) is 4.19. The van der Waals surface area contributed by atoms with Crippen molar-refractivity contribution in [1.82, 2.24) is 9.38 Å². The first-order chi connectivity index (χ1) is 9.78. The van der Waals surface area contributed by atoms with Crippen LogP contribution in [0.2, 0.25) is 0 Å². The van der Waals surface area contributed by atoms with Gasteiger partial charge in [-0.2, -0.15) is 0 Å². The molecule has 0 aliphatic heterocycles. The van der Waals surface area contributed by atoms with Crippen molar-refractivity contribution in [3.63, 3.8) is 0 Å². The second-order valence-corrected chi connectivity index (χ2v) is 4.99. The van der Waals surface area contributed by atoms with E-state index in [0.717, 1.165) is 22.7 Å². The van der Waals surface area contributed by atoms with Crippen LogP contribution in [0.5, 0.6) is 5.75 Å². The van der Waals surface area contributed by atoms with Gasteiger partial charge in [0.25, 0.3) is 0 Å². The molecule has 1 aromatic carbocycles. The van der Waals surface area contributed by atoms with Gasteiger partial charge in [-0.25, -0.2) is 4.98 Å². The summed E-state index contributed by atoms with van der Waals surface area (Å²) in [6.45, 7) is 2.59. The van der Waals surface area contributed by atoms with Crippen molar-refractivity contribution in [2.75, 3.05) is 12.5 Å². The number of benzene rings is 1. The molecule has 4 heteroatoms. The van der Waals surface area contributed by atoms with Crippen LogP contribution < -0.4 is 4.74 Å². The van der Waals surface area contributed by atoms with E-state index in [-0.39, 0.29) is 0 Å². The minimum Gasteiger partial charge on any atom is -0.492 e. The Morgan fingerprint density at radius 1 is 1.20 bits per heavy atom. The molecule has 0 unspecified atom stereocenters. The molecule has 0 spiro atoms. The number of halogens is 1. The Morgan fingerprint density at radius 3 is 2.70 bits per heavy atom. The Balaban J connectivity index is 1.92. The number of imidazole rings is 1. The number of hydrogen-bond acceptors (Lipinski definition) is 2. The van der Waals surface area contributed by atoms with Gasteiger partial charge >= 0.3 is 0 Å². The van der Waals surface area contributed by atoms with Crippen LogP contribution in [0, 0.1) is 6.92 Å². The van der Waals surface area contributed by atoms with E-state index in [1.807, 2.05) is 47.1 Å². The van der Waals surface area contributed by atoms with Crippen molar-refractivity contribution in [3.05, 3.63) is 54.4 Å². The number of ether oxygens (including phenoxy) is 1. The Hall–Kier alpha value is -2.00. The van der Waals surface area contributed by atoms with E-state index in [2.05, 4.69) is 18.0 Å². The summed E-state index contributed by atoms with van der Waals surface area (Å²) in [5, 5.41) is 0. The van der Waals surface area contributed by atoms with Gasteiger partial charge in [0, 0.05) is 18.0 Å². The van der Waals surface area contributed by atoms with E-state index >= 15 is 0 Å². The minimum absolute atomic E-state index is 0.494. The van der Waals surface area contributed by atoms with Gasteiger partial charge in [-0.05, 0) is 42.8 Å². The molecule has 0 atom stereocenters. The van der Waals surface area contributed by atoms with Crippen LogP contribution >= 0.6 is 11.6 Å². The van der Waals surface area contributed by atoms with Gasteiger partial charge in [-0.15, -0.1) is 11.6 Å². The van der Waals surface area contributed by atoms with Crippen molar-refractivity contribution in [2.45, 2.75) is 6.92 Å². The molecule has 0 fully saturated rings. The average molecular weight is 287 g/mol. The van der Waals surface area contributed by atoms with Gasteiger partial charge in [0.2, 0.25) is 0 Å². The molecule has 102 valence electrons. The van der Waals surface area contributed by atoms with Gasteiger partial charge in [-0.3, -0.25) is 0 Å². The molecule has 0 aliphatic rings. The Labute approximate surface area is 122 Å². The number of alkyl halides is 1. The van der Waals surface area contributed by atoms with Crippen LogP contribution in [0.25, 0.3) is 16.9 Å². The molecule has 3 aromatic rings. The summed E-state index contributed by atoms with van der Waals surface area (Å²) >= 11 is 5.60. The molecule has 20 heavy (non-hydrogen) atoms. The number of aryl methyl sites for hydroxylation is 1. The van der Waals surface area contributed by atoms with Crippen LogP contribution in [0.3, 0.4) is 0 Å². The smallest absolute Gasteiger partial charge is 0.140 e. The molecule has 2 aromatic heterocycles. The number of pyridine rings is 1. The third-order valence-electron chi connectivity index (χ3n) is 3.17. The highest BCUT2D eigenvalue weighted by molar-refractivity contribution is 6.18. The SMILES string of the molecule is Cc1cccn2cc(-c3ccc(OCCCl)cc3)nc12. The maximum absolute atomic E-state index is 5.60. The summed E-state index contributed by atoms with van der Waals surface area (Å²) < 4.78 is 7.51. The monoisotopic (exact) mass is 286 g/mol. The van der Waals surface area contributed by atoms with Gasteiger partial charge in [0.05, 0.1) is 11.6 Å². The van der Waals surface area contributed by atoms with Crippen molar-refractivity contribution < 1.29 is 4.74 Å². The van der Waals surface area contributed by atoms with Crippen LogP contribution in [-0.2, 0) is 0 Å². The summed E-state index contributed by atoms with van der Waals surface area (Å²) in [6.07, 6.45) is 4.05. The molecule has 0 amide bonds. The first-order valence-electron chi connectivity index (χ1n) is 6.51. The largest absolute Gasteiger partial charge is 0.492 e. The summed E-state index contributed by atoms with van der Waals surface area (Å²) in [6, 6.07) is 12.0. The number of fused-ring (bicyclic) bond motifs is 1. The third kappa shape index (κ3) is 2.49. The lowest BCUT2D eigenvalue weighted by Gasteiger charge is -2.04. The standard InChI is InChI=1S/C16H15ClN2O/c1-12-3-2-9-19-11-15(18-16(12)19)13-4-6-14(7-5-13)20-10-8-17/h2-7,9,11H,8,10H2,1H3. The molecule has 0 radical (unpaired) electrons. The number of aromatic nitrogens is 2. The lowest BCUT2D eigenvalue weighted by atomic mass is 10.2.